The standard InChI is InChI=1S/C16H15NS/c1-10-5-4-6-13(8-10)16-17-15-12(3)7-11(2)9-14(15)18-16/h4-9H,1-3H3. The number of aromatic nitrogens is 1. The van der Waals surface area contributed by atoms with E-state index in [0.29, 0.717) is 0 Å². The fraction of sp³-hybridized carbons (Fsp3) is 0.188. The van der Waals surface area contributed by atoms with E-state index < -0.39 is 0 Å². The molecule has 0 bridgehead atoms. The van der Waals surface area contributed by atoms with E-state index >= 15 is 0 Å². The maximum Gasteiger partial charge on any atom is 0.124 e. The van der Waals surface area contributed by atoms with Crippen molar-refractivity contribution in [2.24, 2.45) is 0 Å². The molecule has 18 heavy (non-hydrogen) atoms. The second-order valence-corrected chi connectivity index (χ2v) is 5.85. The van der Waals surface area contributed by atoms with Gasteiger partial charge in [-0.1, -0.05) is 29.8 Å². The summed E-state index contributed by atoms with van der Waals surface area (Å²) in [5.74, 6) is 0. The highest BCUT2D eigenvalue weighted by molar-refractivity contribution is 7.21. The lowest BCUT2D eigenvalue weighted by atomic mass is 10.1. The van der Waals surface area contributed by atoms with Crippen molar-refractivity contribution in [1.29, 1.82) is 0 Å². The number of fused-ring (bicyclic) bond motifs is 1. The molecule has 1 aromatic heterocycles. The van der Waals surface area contributed by atoms with Gasteiger partial charge in [-0.2, -0.15) is 0 Å². The van der Waals surface area contributed by atoms with E-state index in [1.165, 1.54) is 27.0 Å². The topological polar surface area (TPSA) is 12.9 Å². The average molecular weight is 253 g/mol. The Morgan fingerprint density at radius 3 is 2.56 bits per heavy atom. The number of thiazole rings is 1. The maximum absolute atomic E-state index is 4.78. The number of benzene rings is 2. The van der Waals surface area contributed by atoms with Crippen LogP contribution in [0, 0.1) is 20.8 Å². The van der Waals surface area contributed by atoms with Gasteiger partial charge in [-0.25, -0.2) is 4.98 Å². The van der Waals surface area contributed by atoms with Crippen LogP contribution in [-0.2, 0) is 0 Å². The largest absolute Gasteiger partial charge is 0.236 e. The zero-order valence-electron chi connectivity index (χ0n) is 10.8. The highest BCUT2D eigenvalue weighted by atomic mass is 32.1. The molecular formula is C16H15NS. The lowest BCUT2D eigenvalue weighted by Gasteiger charge is -1.97. The van der Waals surface area contributed by atoms with Gasteiger partial charge < -0.3 is 0 Å². The molecule has 0 atom stereocenters. The molecule has 0 unspecified atom stereocenters. The first-order valence-electron chi connectivity index (χ1n) is 6.08. The van der Waals surface area contributed by atoms with Gasteiger partial charge in [0.15, 0.2) is 0 Å². The molecule has 0 fully saturated rings. The predicted molar refractivity (Wildman–Crippen MR) is 79.3 cm³/mol. The van der Waals surface area contributed by atoms with Gasteiger partial charge >= 0.3 is 0 Å². The van der Waals surface area contributed by atoms with E-state index in [-0.39, 0.29) is 0 Å². The van der Waals surface area contributed by atoms with Crippen LogP contribution in [0.3, 0.4) is 0 Å². The molecular weight excluding hydrogens is 238 g/mol. The Kier molecular flexibility index (Phi) is 2.67. The molecule has 0 radical (unpaired) electrons. The van der Waals surface area contributed by atoms with Gasteiger partial charge in [-0.15, -0.1) is 11.3 Å². The van der Waals surface area contributed by atoms with Crippen LogP contribution in [0.1, 0.15) is 16.7 Å². The van der Waals surface area contributed by atoms with Crippen LogP contribution < -0.4 is 0 Å². The van der Waals surface area contributed by atoms with Gasteiger partial charge in [-0.05, 0) is 44.0 Å². The summed E-state index contributed by atoms with van der Waals surface area (Å²) in [5.41, 5.74) is 6.20. The molecule has 0 aliphatic rings. The predicted octanol–water partition coefficient (Wildman–Crippen LogP) is 4.89. The SMILES string of the molecule is Cc1cccc(-c2nc3c(C)cc(C)cc3s2)c1. The first-order valence-corrected chi connectivity index (χ1v) is 6.90. The Bertz CT molecular complexity index is 725. The third-order valence-corrected chi connectivity index (χ3v) is 4.15. The Hall–Kier alpha value is -1.67. The second-order valence-electron chi connectivity index (χ2n) is 4.82. The first-order chi connectivity index (χ1) is 8.63. The molecule has 0 aliphatic carbocycles. The molecule has 90 valence electrons. The van der Waals surface area contributed by atoms with Crippen molar-refractivity contribution in [3.63, 3.8) is 0 Å². The normalized spacial score (nSPS) is 11.1. The van der Waals surface area contributed by atoms with Gasteiger partial charge in [0.05, 0.1) is 10.2 Å². The van der Waals surface area contributed by atoms with E-state index in [1.807, 2.05) is 0 Å². The van der Waals surface area contributed by atoms with Crippen LogP contribution in [0.2, 0.25) is 0 Å². The van der Waals surface area contributed by atoms with Crippen molar-refractivity contribution < 1.29 is 0 Å². The van der Waals surface area contributed by atoms with Gasteiger partial charge in [0, 0.05) is 5.56 Å². The molecule has 0 aliphatic heterocycles. The summed E-state index contributed by atoms with van der Waals surface area (Å²) in [6.07, 6.45) is 0. The Balaban J connectivity index is 2.22. The minimum atomic E-state index is 1.11. The smallest absolute Gasteiger partial charge is 0.124 e. The molecule has 0 spiro atoms. The third-order valence-electron chi connectivity index (χ3n) is 3.09. The molecule has 2 heteroatoms. The lowest BCUT2D eigenvalue weighted by molar-refractivity contribution is 1.38. The fourth-order valence-corrected chi connectivity index (χ4v) is 3.41. The minimum absolute atomic E-state index is 1.11. The van der Waals surface area contributed by atoms with Crippen molar-refractivity contribution in [2.45, 2.75) is 20.8 Å². The van der Waals surface area contributed by atoms with Gasteiger partial charge in [0.1, 0.15) is 5.01 Å². The van der Waals surface area contributed by atoms with Gasteiger partial charge in [0.25, 0.3) is 0 Å². The summed E-state index contributed by atoms with van der Waals surface area (Å²) in [4.78, 5) is 4.78. The highest BCUT2D eigenvalue weighted by Gasteiger charge is 2.08. The zero-order chi connectivity index (χ0) is 12.7. The molecule has 0 amide bonds. The van der Waals surface area contributed by atoms with E-state index in [2.05, 4.69) is 57.2 Å². The summed E-state index contributed by atoms with van der Waals surface area (Å²) in [7, 11) is 0. The van der Waals surface area contributed by atoms with E-state index in [0.717, 1.165) is 10.5 Å². The summed E-state index contributed by atoms with van der Waals surface area (Å²) in [5, 5.41) is 1.11. The Morgan fingerprint density at radius 2 is 1.78 bits per heavy atom. The molecule has 2 aromatic carbocycles. The number of hydrogen-bond acceptors (Lipinski definition) is 2. The third kappa shape index (κ3) is 1.93. The molecule has 0 N–H and O–H groups in total. The lowest BCUT2D eigenvalue weighted by Crippen LogP contribution is -1.80. The number of aryl methyl sites for hydroxylation is 3. The summed E-state index contributed by atoms with van der Waals surface area (Å²) in [6, 6.07) is 13.0. The second kappa shape index (κ2) is 4.21. The van der Waals surface area contributed by atoms with E-state index in [9.17, 15) is 0 Å². The summed E-state index contributed by atoms with van der Waals surface area (Å²) in [6.45, 7) is 6.39. The summed E-state index contributed by atoms with van der Waals surface area (Å²) >= 11 is 1.78. The van der Waals surface area contributed by atoms with Crippen LogP contribution in [-0.4, -0.2) is 4.98 Å². The van der Waals surface area contributed by atoms with Crippen LogP contribution in [0.4, 0.5) is 0 Å². The molecule has 1 nitrogen and oxygen atoms in total. The quantitative estimate of drug-likeness (QED) is 0.601. The van der Waals surface area contributed by atoms with Gasteiger partial charge in [0.2, 0.25) is 0 Å². The molecule has 1 heterocycles. The number of hydrogen-bond donors (Lipinski definition) is 0. The minimum Gasteiger partial charge on any atom is -0.236 e. The van der Waals surface area contributed by atoms with Crippen LogP contribution >= 0.6 is 11.3 Å². The average Bonchev–Trinajstić information content (AvgIpc) is 2.73. The van der Waals surface area contributed by atoms with Gasteiger partial charge in [-0.3, -0.25) is 0 Å². The molecule has 3 aromatic rings. The Morgan fingerprint density at radius 1 is 0.944 bits per heavy atom. The fourth-order valence-electron chi connectivity index (χ4n) is 2.27. The monoisotopic (exact) mass is 253 g/mol. The molecule has 0 saturated heterocycles. The molecule has 0 saturated carbocycles. The van der Waals surface area contributed by atoms with Crippen molar-refractivity contribution in [1.82, 2.24) is 4.98 Å². The highest BCUT2D eigenvalue weighted by Crippen LogP contribution is 2.32. The maximum atomic E-state index is 4.78. The number of rotatable bonds is 1. The van der Waals surface area contributed by atoms with E-state index in [1.54, 1.807) is 11.3 Å². The first kappa shape index (κ1) is 11.4. The van der Waals surface area contributed by atoms with Crippen LogP contribution in [0.25, 0.3) is 20.8 Å². The van der Waals surface area contributed by atoms with E-state index in [4.69, 9.17) is 4.98 Å². The molecule has 3 rings (SSSR count). The summed E-state index contributed by atoms with van der Waals surface area (Å²) < 4.78 is 1.28. The zero-order valence-corrected chi connectivity index (χ0v) is 11.6. The van der Waals surface area contributed by atoms with Crippen LogP contribution in [0.15, 0.2) is 36.4 Å². The van der Waals surface area contributed by atoms with Crippen molar-refractivity contribution in [2.75, 3.05) is 0 Å². The van der Waals surface area contributed by atoms with Crippen molar-refractivity contribution in [3.8, 4) is 10.6 Å². The van der Waals surface area contributed by atoms with Crippen molar-refractivity contribution >= 4 is 21.6 Å². The number of nitrogens with zero attached hydrogens (tertiary/aromatic N) is 1. The Labute approximate surface area is 111 Å². The van der Waals surface area contributed by atoms with Crippen molar-refractivity contribution in [3.05, 3.63) is 53.1 Å². The van der Waals surface area contributed by atoms with Crippen LogP contribution in [0.5, 0.6) is 0 Å².